The van der Waals surface area contributed by atoms with Gasteiger partial charge in [-0.25, -0.2) is 4.68 Å². The predicted octanol–water partition coefficient (Wildman–Crippen LogP) is 2.30. The Bertz CT molecular complexity index is 684. The van der Waals surface area contributed by atoms with Crippen LogP contribution in [0.25, 0.3) is 0 Å². The Labute approximate surface area is 133 Å². The van der Waals surface area contributed by atoms with Crippen LogP contribution in [-0.4, -0.2) is 31.4 Å². The molecule has 1 aliphatic carbocycles. The molecular weight excluding hydrogens is 298 g/mol. The van der Waals surface area contributed by atoms with Crippen molar-refractivity contribution in [3.63, 3.8) is 0 Å². The highest BCUT2D eigenvalue weighted by atomic mass is 32.2. The molecule has 7 heteroatoms. The number of anilines is 1. The van der Waals surface area contributed by atoms with Gasteiger partial charge in [-0.1, -0.05) is 17.8 Å². The van der Waals surface area contributed by atoms with E-state index in [1.165, 1.54) is 29.3 Å². The Morgan fingerprint density at radius 3 is 3.05 bits per heavy atom. The third kappa shape index (κ3) is 3.14. The summed E-state index contributed by atoms with van der Waals surface area (Å²) in [6.45, 7) is 4.52. The van der Waals surface area contributed by atoms with Gasteiger partial charge in [0.15, 0.2) is 0 Å². The Hall–Kier alpha value is -1.89. The lowest BCUT2D eigenvalue weighted by molar-refractivity contribution is -0.115. The van der Waals surface area contributed by atoms with Crippen LogP contribution in [-0.2, 0) is 24.2 Å². The summed E-state index contributed by atoms with van der Waals surface area (Å²) in [5.41, 5.74) is 3.63. The molecule has 1 aliphatic rings. The van der Waals surface area contributed by atoms with Crippen LogP contribution in [0, 0.1) is 0 Å². The van der Waals surface area contributed by atoms with Gasteiger partial charge in [0.1, 0.15) is 0 Å². The van der Waals surface area contributed by atoms with Gasteiger partial charge in [0.25, 0.3) is 0 Å². The van der Waals surface area contributed by atoms with Gasteiger partial charge in [0.2, 0.25) is 11.1 Å². The number of aryl methyl sites for hydroxylation is 3. The molecule has 6 nitrogen and oxygen atoms in total. The maximum atomic E-state index is 12.3. The van der Waals surface area contributed by atoms with Crippen LogP contribution < -0.4 is 5.32 Å². The van der Waals surface area contributed by atoms with Crippen molar-refractivity contribution in [3.05, 3.63) is 29.3 Å². The number of amides is 1. The average molecular weight is 317 g/mol. The van der Waals surface area contributed by atoms with E-state index in [1.807, 2.05) is 19.9 Å². The zero-order valence-corrected chi connectivity index (χ0v) is 13.6. The van der Waals surface area contributed by atoms with Crippen molar-refractivity contribution in [1.29, 1.82) is 0 Å². The maximum Gasteiger partial charge on any atom is 0.237 e. The molecule has 22 heavy (non-hydrogen) atoms. The summed E-state index contributed by atoms with van der Waals surface area (Å²) in [6, 6.07) is 6.19. The zero-order valence-electron chi connectivity index (χ0n) is 12.7. The molecule has 0 saturated carbocycles. The van der Waals surface area contributed by atoms with Gasteiger partial charge in [-0.05, 0) is 66.8 Å². The first-order valence-corrected chi connectivity index (χ1v) is 8.41. The van der Waals surface area contributed by atoms with Gasteiger partial charge in [-0.3, -0.25) is 4.79 Å². The van der Waals surface area contributed by atoms with Gasteiger partial charge in [0.05, 0.1) is 5.25 Å². The van der Waals surface area contributed by atoms with Crippen LogP contribution in [0.15, 0.2) is 23.4 Å². The van der Waals surface area contributed by atoms with Gasteiger partial charge in [-0.15, -0.1) is 5.10 Å². The molecule has 0 spiro atoms. The third-order valence-electron chi connectivity index (χ3n) is 3.82. The number of nitrogens with zero attached hydrogens (tertiary/aromatic N) is 4. The normalized spacial score (nSPS) is 14.6. The minimum Gasteiger partial charge on any atom is -0.325 e. The van der Waals surface area contributed by atoms with E-state index in [0.29, 0.717) is 11.7 Å². The highest BCUT2D eigenvalue weighted by Gasteiger charge is 2.19. The van der Waals surface area contributed by atoms with Crippen molar-refractivity contribution in [2.45, 2.75) is 50.1 Å². The SMILES string of the molecule is CCn1nnnc1SC(C)C(=O)Nc1ccc2c(c1)CCC2. The molecule has 0 aliphatic heterocycles. The van der Waals surface area contributed by atoms with E-state index in [2.05, 4.69) is 33.0 Å². The third-order valence-corrected chi connectivity index (χ3v) is 4.89. The molecule has 1 N–H and O–H groups in total. The van der Waals surface area contributed by atoms with Gasteiger partial charge in [-0.2, -0.15) is 0 Å². The molecule has 0 bridgehead atoms. The summed E-state index contributed by atoms with van der Waals surface area (Å²) in [7, 11) is 0. The highest BCUT2D eigenvalue weighted by Crippen LogP contribution is 2.26. The number of fused-ring (bicyclic) bond motifs is 1. The topological polar surface area (TPSA) is 72.7 Å². The molecule has 2 aromatic rings. The smallest absolute Gasteiger partial charge is 0.237 e. The fourth-order valence-corrected chi connectivity index (χ4v) is 3.44. The largest absolute Gasteiger partial charge is 0.325 e. The molecule has 1 atom stereocenters. The van der Waals surface area contributed by atoms with Crippen molar-refractivity contribution in [3.8, 4) is 0 Å². The summed E-state index contributed by atoms with van der Waals surface area (Å²) in [6.07, 6.45) is 3.46. The molecule has 1 amide bonds. The summed E-state index contributed by atoms with van der Waals surface area (Å²) in [5.74, 6) is -0.0337. The molecule has 1 unspecified atom stereocenters. The zero-order chi connectivity index (χ0) is 15.5. The summed E-state index contributed by atoms with van der Waals surface area (Å²) < 4.78 is 1.68. The number of hydrogen-bond donors (Lipinski definition) is 1. The fourth-order valence-electron chi connectivity index (χ4n) is 2.58. The second kappa shape index (κ2) is 6.48. The molecule has 0 radical (unpaired) electrons. The number of thioether (sulfide) groups is 1. The highest BCUT2D eigenvalue weighted by molar-refractivity contribution is 8.00. The monoisotopic (exact) mass is 317 g/mol. The van der Waals surface area contributed by atoms with Crippen LogP contribution in [0.4, 0.5) is 5.69 Å². The van der Waals surface area contributed by atoms with E-state index in [-0.39, 0.29) is 11.2 Å². The molecule has 0 saturated heterocycles. The van der Waals surface area contributed by atoms with Crippen LogP contribution in [0.2, 0.25) is 0 Å². The number of tetrazole rings is 1. The average Bonchev–Trinajstić information content (AvgIpc) is 3.15. The number of carbonyl (C=O) groups excluding carboxylic acids is 1. The lowest BCUT2D eigenvalue weighted by atomic mass is 10.1. The van der Waals surface area contributed by atoms with Gasteiger partial charge >= 0.3 is 0 Å². The van der Waals surface area contributed by atoms with E-state index in [1.54, 1.807) is 4.68 Å². The first-order valence-electron chi connectivity index (χ1n) is 7.53. The minimum absolute atomic E-state index is 0.0337. The number of nitrogens with one attached hydrogen (secondary N) is 1. The van der Waals surface area contributed by atoms with E-state index in [0.717, 1.165) is 18.5 Å². The Morgan fingerprint density at radius 1 is 1.41 bits per heavy atom. The van der Waals surface area contributed by atoms with Gasteiger partial charge < -0.3 is 5.32 Å². The fraction of sp³-hybridized carbons (Fsp3) is 0.467. The quantitative estimate of drug-likeness (QED) is 0.857. The Morgan fingerprint density at radius 2 is 2.23 bits per heavy atom. The van der Waals surface area contributed by atoms with E-state index in [4.69, 9.17) is 0 Å². The van der Waals surface area contributed by atoms with Crippen molar-refractivity contribution < 1.29 is 4.79 Å². The minimum atomic E-state index is -0.260. The van der Waals surface area contributed by atoms with E-state index >= 15 is 0 Å². The lowest BCUT2D eigenvalue weighted by Gasteiger charge is -2.12. The summed E-state index contributed by atoms with van der Waals surface area (Å²) in [5, 5.41) is 14.9. The number of hydrogen-bond acceptors (Lipinski definition) is 5. The van der Waals surface area contributed by atoms with Crippen molar-refractivity contribution in [2.24, 2.45) is 0 Å². The van der Waals surface area contributed by atoms with Crippen LogP contribution in [0.3, 0.4) is 0 Å². The Kier molecular flexibility index (Phi) is 4.42. The van der Waals surface area contributed by atoms with E-state index in [9.17, 15) is 4.79 Å². The maximum absolute atomic E-state index is 12.3. The molecular formula is C15H19N5OS. The Balaban J connectivity index is 1.64. The second-order valence-corrected chi connectivity index (χ2v) is 6.67. The van der Waals surface area contributed by atoms with Crippen LogP contribution in [0.5, 0.6) is 0 Å². The lowest BCUT2D eigenvalue weighted by Crippen LogP contribution is -2.23. The number of aromatic nitrogens is 4. The molecule has 1 heterocycles. The first kappa shape index (κ1) is 15.0. The van der Waals surface area contributed by atoms with Gasteiger partial charge in [0, 0.05) is 12.2 Å². The number of benzene rings is 1. The second-order valence-electron chi connectivity index (χ2n) is 5.36. The molecule has 1 aromatic carbocycles. The summed E-state index contributed by atoms with van der Waals surface area (Å²) in [4.78, 5) is 12.3. The van der Waals surface area contributed by atoms with Crippen molar-refractivity contribution >= 4 is 23.4 Å². The van der Waals surface area contributed by atoms with Crippen molar-refractivity contribution in [1.82, 2.24) is 20.2 Å². The first-order chi connectivity index (χ1) is 10.7. The van der Waals surface area contributed by atoms with E-state index < -0.39 is 0 Å². The number of carbonyl (C=O) groups is 1. The summed E-state index contributed by atoms with van der Waals surface area (Å²) >= 11 is 1.37. The predicted molar refractivity (Wildman–Crippen MR) is 85.9 cm³/mol. The molecule has 116 valence electrons. The van der Waals surface area contributed by atoms with Crippen LogP contribution >= 0.6 is 11.8 Å². The van der Waals surface area contributed by atoms with Crippen molar-refractivity contribution in [2.75, 3.05) is 5.32 Å². The van der Waals surface area contributed by atoms with Crippen LogP contribution in [0.1, 0.15) is 31.4 Å². The molecule has 0 fully saturated rings. The number of rotatable bonds is 5. The molecule has 3 rings (SSSR count). The molecule has 1 aromatic heterocycles. The standard InChI is InChI=1S/C15H19N5OS/c1-3-20-15(17-18-19-20)22-10(2)14(21)16-13-8-7-11-5-4-6-12(11)9-13/h7-10H,3-6H2,1-2H3,(H,16,21).